The number of pyridine rings is 1. The SMILES string of the molecule is Cl.Cl.O=C(c1ccc(Br)cn1)N1CCN(C2CCNC2)CC1. The molecule has 0 aromatic carbocycles. The maximum Gasteiger partial charge on any atom is 0.272 e. The summed E-state index contributed by atoms with van der Waals surface area (Å²) in [6, 6.07) is 4.29. The molecule has 0 radical (unpaired) electrons. The fraction of sp³-hybridized carbons (Fsp3) is 0.571. The van der Waals surface area contributed by atoms with Crippen molar-refractivity contribution >= 4 is 46.7 Å². The summed E-state index contributed by atoms with van der Waals surface area (Å²) >= 11 is 3.34. The highest BCUT2D eigenvalue weighted by molar-refractivity contribution is 9.10. The Balaban J connectivity index is 0.00000121. The van der Waals surface area contributed by atoms with E-state index in [1.165, 1.54) is 6.42 Å². The maximum atomic E-state index is 12.4. The van der Waals surface area contributed by atoms with E-state index in [0.29, 0.717) is 11.7 Å². The predicted molar refractivity (Wildman–Crippen MR) is 95.2 cm³/mol. The molecule has 2 aliphatic heterocycles. The number of amides is 1. The van der Waals surface area contributed by atoms with Gasteiger partial charge in [-0.2, -0.15) is 0 Å². The van der Waals surface area contributed by atoms with E-state index in [1.807, 2.05) is 11.0 Å². The molecule has 0 spiro atoms. The number of aromatic nitrogens is 1. The van der Waals surface area contributed by atoms with Gasteiger partial charge >= 0.3 is 0 Å². The van der Waals surface area contributed by atoms with E-state index in [0.717, 1.165) is 43.7 Å². The fourth-order valence-electron chi connectivity index (χ4n) is 2.91. The molecule has 3 rings (SSSR count). The zero-order valence-corrected chi connectivity index (χ0v) is 15.4. The second-order valence-electron chi connectivity index (χ2n) is 5.34. The Morgan fingerprint density at radius 2 is 1.95 bits per heavy atom. The molecule has 1 atom stereocenters. The lowest BCUT2D eigenvalue weighted by molar-refractivity contribution is 0.0578. The van der Waals surface area contributed by atoms with Crippen molar-refractivity contribution in [3.63, 3.8) is 0 Å². The molecule has 8 heteroatoms. The van der Waals surface area contributed by atoms with Crippen molar-refractivity contribution < 1.29 is 4.79 Å². The first-order valence-corrected chi connectivity index (χ1v) is 7.89. The van der Waals surface area contributed by atoms with E-state index in [9.17, 15) is 4.79 Å². The molecule has 1 N–H and O–H groups in total. The van der Waals surface area contributed by atoms with Crippen LogP contribution in [0.15, 0.2) is 22.8 Å². The quantitative estimate of drug-likeness (QED) is 0.806. The molecule has 2 aliphatic rings. The van der Waals surface area contributed by atoms with Gasteiger partial charge in [0.15, 0.2) is 0 Å². The number of nitrogens with one attached hydrogen (secondary N) is 1. The number of rotatable bonds is 2. The summed E-state index contributed by atoms with van der Waals surface area (Å²) in [5.74, 6) is 0.0432. The van der Waals surface area contributed by atoms with Gasteiger partial charge in [-0.05, 0) is 41.0 Å². The molecule has 3 heterocycles. The zero-order chi connectivity index (χ0) is 13.9. The van der Waals surface area contributed by atoms with Crippen LogP contribution in [0.3, 0.4) is 0 Å². The Hall–Kier alpha value is -0.400. The van der Waals surface area contributed by atoms with Crippen molar-refractivity contribution in [1.82, 2.24) is 20.1 Å². The van der Waals surface area contributed by atoms with Crippen molar-refractivity contribution in [3.05, 3.63) is 28.5 Å². The van der Waals surface area contributed by atoms with Crippen molar-refractivity contribution in [2.75, 3.05) is 39.3 Å². The number of carbonyl (C=O) groups is 1. The molecule has 2 fully saturated rings. The van der Waals surface area contributed by atoms with E-state index in [2.05, 4.69) is 31.1 Å². The van der Waals surface area contributed by atoms with Gasteiger partial charge in [0.2, 0.25) is 0 Å². The monoisotopic (exact) mass is 410 g/mol. The fourth-order valence-corrected chi connectivity index (χ4v) is 3.14. The van der Waals surface area contributed by atoms with E-state index in [1.54, 1.807) is 12.3 Å². The van der Waals surface area contributed by atoms with Crippen LogP contribution in [0.4, 0.5) is 0 Å². The lowest BCUT2D eigenvalue weighted by atomic mass is 10.2. The van der Waals surface area contributed by atoms with Crippen molar-refractivity contribution in [2.24, 2.45) is 0 Å². The Bertz CT molecular complexity index is 474. The topological polar surface area (TPSA) is 48.5 Å². The molecule has 124 valence electrons. The van der Waals surface area contributed by atoms with Gasteiger partial charge in [-0.1, -0.05) is 0 Å². The first kappa shape index (κ1) is 19.6. The maximum absolute atomic E-state index is 12.4. The van der Waals surface area contributed by atoms with Crippen LogP contribution in [0.25, 0.3) is 0 Å². The Labute approximate surface area is 151 Å². The van der Waals surface area contributed by atoms with Crippen molar-refractivity contribution in [2.45, 2.75) is 12.5 Å². The third-order valence-corrected chi connectivity index (χ3v) is 4.57. The summed E-state index contributed by atoms with van der Waals surface area (Å²) in [6.07, 6.45) is 2.90. The number of carbonyl (C=O) groups excluding carboxylic acids is 1. The molecule has 1 aromatic heterocycles. The third kappa shape index (κ3) is 4.55. The van der Waals surface area contributed by atoms with Crippen molar-refractivity contribution in [1.29, 1.82) is 0 Å². The molecule has 0 saturated carbocycles. The minimum atomic E-state index is 0. The summed E-state index contributed by atoms with van der Waals surface area (Å²) in [6.45, 7) is 5.73. The second kappa shape index (κ2) is 9.03. The third-order valence-electron chi connectivity index (χ3n) is 4.10. The average Bonchev–Trinajstić information content (AvgIpc) is 3.02. The number of hydrogen-bond acceptors (Lipinski definition) is 4. The first-order valence-electron chi connectivity index (χ1n) is 7.09. The minimum absolute atomic E-state index is 0. The van der Waals surface area contributed by atoms with Gasteiger partial charge in [-0.25, -0.2) is 4.98 Å². The molecular formula is C14H21BrCl2N4O. The van der Waals surface area contributed by atoms with Gasteiger partial charge in [-0.3, -0.25) is 9.69 Å². The molecule has 1 unspecified atom stereocenters. The van der Waals surface area contributed by atoms with Gasteiger partial charge in [0, 0.05) is 49.4 Å². The van der Waals surface area contributed by atoms with Crippen LogP contribution in [-0.2, 0) is 0 Å². The number of hydrogen-bond donors (Lipinski definition) is 1. The minimum Gasteiger partial charge on any atom is -0.335 e. The summed E-state index contributed by atoms with van der Waals surface area (Å²) in [4.78, 5) is 21.0. The molecule has 1 aromatic rings. The van der Waals surface area contributed by atoms with Gasteiger partial charge in [0.25, 0.3) is 5.91 Å². The highest BCUT2D eigenvalue weighted by Gasteiger charge is 2.28. The molecular weight excluding hydrogens is 391 g/mol. The van der Waals surface area contributed by atoms with E-state index in [4.69, 9.17) is 0 Å². The van der Waals surface area contributed by atoms with E-state index >= 15 is 0 Å². The molecule has 5 nitrogen and oxygen atoms in total. The average molecular weight is 412 g/mol. The van der Waals surface area contributed by atoms with E-state index in [-0.39, 0.29) is 30.7 Å². The van der Waals surface area contributed by atoms with Crippen LogP contribution in [0.1, 0.15) is 16.9 Å². The van der Waals surface area contributed by atoms with Crippen LogP contribution in [0.5, 0.6) is 0 Å². The number of nitrogens with zero attached hydrogens (tertiary/aromatic N) is 3. The Morgan fingerprint density at radius 3 is 2.50 bits per heavy atom. The van der Waals surface area contributed by atoms with Crippen LogP contribution >= 0.6 is 40.7 Å². The molecule has 0 bridgehead atoms. The van der Waals surface area contributed by atoms with Crippen LogP contribution in [-0.4, -0.2) is 66.0 Å². The van der Waals surface area contributed by atoms with Gasteiger partial charge in [0.05, 0.1) is 0 Å². The number of halogens is 3. The standard InChI is InChI=1S/C14H19BrN4O.2ClH/c15-11-1-2-13(17-9-11)14(20)19-7-5-18(6-8-19)12-3-4-16-10-12;;/h1-2,9,12,16H,3-8,10H2;2*1H. The van der Waals surface area contributed by atoms with Gasteiger partial charge in [0.1, 0.15) is 5.69 Å². The summed E-state index contributed by atoms with van der Waals surface area (Å²) in [5.41, 5.74) is 0.532. The van der Waals surface area contributed by atoms with Crippen LogP contribution in [0.2, 0.25) is 0 Å². The van der Waals surface area contributed by atoms with E-state index < -0.39 is 0 Å². The smallest absolute Gasteiger partial charge is 0.272 e. The lowest BCUT2D eigenvalue weighted by Gasteiger charge is -2.37. The Morgan fingerprint density at radius 1 is 1.23 bits per heavy atom. The van der Waals surface area contributed by atoms with Crippen LogP contribution in [0, 0.1) is 0 Å². The number of piperazine rings is 1. The summed E-state index contributed by atoms with van der Waals surface area (Å²) in [5, 5.41) is 3.40. The molecule has 0 aliphatic carbocycles. The van der Waals surface area contributed by atoms with Crippen LogP contribution < -0.4 is 5.32 Å². The normalized spacial score (nSPS) is 21.9. The summed E-state index contributed by atoms with van der Waals surface area (Å²) in [7, 11) is 0. The summed E-state index contributed by atoms with van der Waals surface area (Å²) < 4.78 is 0.896. The van der Waals surface area contributed by atoms with Gasteiger partial charge < -0.3 is 10.2 Å². The molecule has 22 heavy (non-hydrogen) atoms. The zero-order valence-electron chi connectivity index (χ0n) is 12.2. The highest BCUT2D eigenvalue weighted by Crippen LogP contribution is 2.14. The Kier molecular flexibility index (Phi) is 8.07. The lowest BCUT2D eigenvalue weighted by Crippen LogP contribution is -2.52. The second-order valence-corrected chi connectivity index (χ2v) is 6.25. The van der Waals surface area contributed by atoms with Crippen molar-refractivity contribution in [3.8, 4) is 0 Å². The molecule has 1 amide bonds. The highest BCUT2D eigenvalue weighted by atomic mass is 79.9. The largest absolute Gasteiger partial charge is 0.335 e. The molecule has 2 saturated heterocycles. The predicted octanol–water partition coefficient (Wildman–Crippen LogP) is 1.81. The van der Waals surface area contributed by atoms with Gasteiger partial charge in [-0.15, -0.1) is 24.8 Å². The first-order chi connectivity index (χ1) is 9.74.